The minimum atomic E-state index is -3.41. The number of sulfonamides is 1. The van der Waals surface area contributed by atoms with Crippen LogP contribution >= 0.6 is 12.4 Å². The van der Waals surface area contributed by atoms with Crippen LogP contribution < -0.4 is 10.0 Å². The van der Waals surface area contributed by atoms with Crippen LogP contribution in [0.2, 0.25) is 0 Å². The molecule has 1 aliphatic heterocycles. The zero-order chi connectivity index (χ0) is 11.4. The van der Waals surface area contributed by atoms with Crippen LogP contribution in [0.15, 0.2) is 17.6 Å². The van der Waals surface area contributed by atoms with Crippen LogP contribution in [0.4, 0.5) is 0 Å². The number of hydrogen-bond donors (Lipinski definition) is 3. The Morgan fingerprint density at radius 1 is 1.53 bits per heavy atom. The van der Waals surface area contributed by atoms with Gasteiger partial charge in [0.2, 0.25) is 0 Å². The van der Waals surface area contributed by atoms with Crippen molar-refractivity contribution in [2.24, 2.45) is 5.92 Å². The molecule has 8 heteroatoms. The lowest BCUT2D eigenvalue weighted by molar-refractivity contribution is 0.375. The first-order valence-electron chi connectivity index (χ1n) is 5.37. The molecule has 1 aromatic heterocycles. The maximum Gasteiger partial charge on any atom is 0.257 e. The molecule has 0 amide bonds. The lowest BCUT2D eigenvalue weighted by atomic mass is 10.0. The Morgan fingerprint density at radius 2 is 2.35 bits per heavy atom. The summed E-state index contributed by atoms with van der Waals surface area (Å²) in [5.74, 6) is 0.381. The average Bonchev–Trinajstić information content (AvgIpc) is 2.82. The van der Waals surface area contributed by atoms with E-state index in [0.29, 0.717) is 12.5 Å². The summed E-state index contributed by atoms with van der Waals surface area (Å²) in [6.07, 6.45) is 4.84. The van der Waals surface area contributed by atoms with Crippen LogP contribution in [-0.2, 0) is 10.0 Å². The van der Waals surface area contributed by atoms with Gasteiger partial charge >= 0.3 is 0 Å². The summed E-state index contributed by atoms with van der Waals surface area (Å²) >= 11 is 0. The third kappa shape index (κ3) is 3.95. The van der Waals surface area contributed by atoms with Gasteiger partial charge in [-0.15, -0.1) is 12.4 Å². The Balaban J connectivity index is 0.00000144. The Bertz CT molecular complexity index is 414. The van der Waals surface area contributed by atoms with Gasteiger partial charge in [-0.1, -0.05) is 0 Å². The third-order valence-electron chi connectivity index (χ3n) is 2.72. The lowest BCUT2D eigenvalue weighted by Gasteiger charge is -2.22. The highest BCUT2D eigenvalue weighted by atomic mass is 35.5. The van der Waals surface area contributed by atoms with E-state index < -0.39 is 10.0 Å². The first-order valence-corrected chi connectivity index (χ1v) is 6.85. The largest absolute Gasteiger partial charge is 0.335 e. The van der Waals surface area contributed by atoms with Gasteiger partial charge in [0.05, 0.1) is 12.5 Å². The van der Waals surface area contributed by atoms with E-state index in [4.69, 9.17) is 0 Å². The van der Waals surface area contributed by atoms with Gasteiger partial charge in [-0.3, -0.25) is 0 Å². The topological polar surface area (TPSA) is 86.9 Å². The van der Waals surface area contributed by atoms with Crippen molar-refractivity contribution in [2.75, 3.05) is 19.6 Å². The summed E-state index contributed by atoms with van der Waals surface area (Å²) in [5.41, 5.74) is 0. The quantitative estimate of drug-likeness (QED) is 0.731. The van der Waals surface area contributed by atoms with Crippen LogP contribution in [0.5, 0.6) is 0 Å². The predicted octanol–water partition coefficient (Wildman–Crippen LogP) is 0.109. The number of halogens is 1. The van der Waals surface area contributed by atoms with Gasteiger partial charge in [-0.25, -0.2) is 18.1 Å². The van der Waals surface area contributed by atoms with E-state index in [-0.39, 0.29) is 17.4 Å². The highest BCUT2D eigenvalue weighted by Gasteiger charge is 2.19. The number of piperidine rings is 1. The monoisotopic (exact) mass is 280 g/mol. The summed E-state index contributed by atoms with van der Waals surface area (Å²) in [6.45, 7) is 2.39. The van der Waals surface area contributed by atoms with Crippen molar-refractivity contribution >= 4 is 22.4 Å². The smallest absolute Gasteiger partial charge is 0.257 e. The summed E-state index contributed by atoms with van der Waals surface area (Å²) < 4.78 is 26.1. The van der Waals surface area contributed by atoms with Gasteiger partial charge in [-0.2, -0.15) is 0 Å². The molecule has 2 heterocycles. The summed E-state index contributed by atoms with van der Waals surface area (Å²) in [4.78, 5) is 6.28. The van der Waals surface area contributed by atoms with E-state index in [1.54, 1.807) is 0 Å². The zero-order valence-electron chi connectivity index (χ0n) is 9.35. The molecule has 0 bridgehead atoms. The van der Waals surface area contributed by atoms with E-state index in [1.165, 1.54) is 12.5 Å². The molecule has 98 valence electrons. The molecule has 0 spiro atoms. The fourth-order valence-electron chi connectivity index (χ4n) is 1.79. The van der Waals surface area contributed by atoms with Gasteiger partial charge in [0.25, 0.3) is 10.0 Å². The van der Waals surface area contributed by atoms with Crippen molar-refractivity contribution in [1.82, 2.24) is 20.0 Å². The first-order chi connectivity index (χ1) is 7.68. The number of aromatic nitrogens is 2. The van der Waals surface area contributed by atoms with Crippen LogP contribution in [-0.4, -0.2) is 38.0 Å². The highest BCUT2D eigenvalue weighted by molar-refractivity contribution is 7.89. The highest BCUT2D eigenvalue weighted by Crippen LogP contribution is 2.10. The Hall–Kier alpha value is -0.630. The van der Waals surface area contributed by atoms with E-state index >= 15 is 0 Å². The molecule has 0 saturated carbocycles. The SMILES string of the molecule is Cl.O=S(=O)(NCC1CCCNC1)c1cnc[nH]1. The number of aromatic amines is 1. The molecule has 1 atom stereocenters. The maximum atomic E-state index is 11.7. The van der Waals surface area contributed by atoms with Crippen molar-refractivity contribution in [3.63, 3.8) is 0 Å². The number of H-pyrrole nitrogens is 1. The van der Waals surface area contributed by atoms with Gasteiger partial charge in [-0.05, 0) is 31.8 Å². The number of nitrogens with one attached hydrogen (secondary N) is 3. The molecule has 17 heavy (non-hydrogen) atoms. The summed E-state index contributed by atoms with van der Waals surface area (Å²) in [5, 5.41) is 3.37. The van der Waals surface area contributed by atoms with E-state index in [1.807, 2.05) is 0 Å². The van der Waals surface area contributed by atoms with Gasteiger partial charge in [0.1, 0.15) is 0 Å². The minimum Gasteiger partial charge on any atom is -0.335 e. The minimum absolute atomic E-state index is 0. The molecule has 1 saturated heterocycles. The number of imidazole rings is 1. The second-order valence-corrected chi connectivity index (χ2v) is 5.72. The molecule has 1 aliphatic rings. The summed E-state index contributed by atoms with van der Waals surface area (Å²) in [6, 6.07) is 0. The molecular weight excluding hydrogens is 264 g/mol. The van der Waals surface area contributed by atoms with E-state index in [9.17, 15) is 8.42 Å². The molecule has 6 nitrogen and oxygen atoms in total. The molecular formula is C9H17ClN4O2S. The van der Waals surface area contributed by atoms with Crippen molar-refractivity contribution in [3.8, 4) is 0 Å². The van der Waals surface area contributed by atoms with Crippen molar-refractivity contribution in [1.29, 1.82) is 0 Å². The molecule has 1 fully saturated rings. The second kappa shape index (κ2) is 6.34. The van der Waals surface area contributed by atoms with Crippen LogP contribution in [0, 0.1) is 5.92 Å². The fraction of sp³-hybridized carbons (Fsp3) is 0.667. The molecule has 1 aromatic rings. The van der Waals surface area contributed by atoms with E-state index in [0.717, 1.165) is 25.9 Å². The average molecular weight is 281 g/mol. The Morgan fingerprint density at radius 3 is 2.94 bits per heavy atom. The molecule has 3 N–H and O–H groups in total. The summed E-state index contributed by atoms with van der Waals surface area (Å²) in [7, 11) is -3.41. The molecule has 1 unspecified atom stereocenters. The number of nitrogens with zero attached hydrogens (tertiary/aromatic N) is 1. The Labute approximate surface area is 107 Å². The van der Waals surface area contributed by atoms with E-state index in [2.05, 4.69) is 20.0 Å². The number of hydrogen-bond acceptors (Lipinski definition) is 4. The van der Waals surface area contributed by atoms with Gasteiger partial charge < -0.3 is 10.3 Å². The first kappa shape index (κ1) is 14.4. The normalized spacial score (nSPS) is 20.8. The standard InChI is InChI=1S/C9H16N4O2S.ClH/c14-16(15,9-6-11-7-12-9)13-5-8-2-1-3-10-4-8;/h6-8,10,13H,1-5H2,(H,11,12);1H. The second-order valence-electron chi connectivity index (χ2n) is 3.98. The van der Waals surface area contributed by atoms with Gasteiger partial charge in [0.15, 0.2) is 5.03 Å². The fourth-order valence-corrected chi connectivity index (χ4v) is 2.81. The van der Waals surface area contributed by atoms with Crippen LogP contribution in [0.1, 0.15) is 12.8 Å². The van der Waals surface area contributed by atoms with Crippen LogP contribution in [0.3, 0.4) is 0 Å². The third-order valence-corrected chi connectivity index (χ3v) is 4.07. The molecule has 0 radical (unpaired) electrons. The van der Waals surface area contributed by atoms with Crippen molar-refractivity contribution in [3.05, 3.63) is 12.5 Å². The maximum absolute atomic E-state index is 11.7. The number of rotatable bonds is 4. The molecule has 0 aromatic carbocycles. The van der Waals surface area contributed by atoms with Crippen molar-refractivity contribution < 1.29 is 8.42 Å². The lowest BCUT2D eigenvalue weighted by Crippen LogP contribution is -2.38. The molecule has 2 rings (SSSR count). The predicted molar refractivity (Wildman–Crippen MR) is 66.6 cm³/mol. The van der Waals surface area contributed by atoms with Crippen LogP contribution in [0.25, 0.3) is 0 Å². The van der Waals surface area contributed by atoms with Gasteiger partial charge in [0, 0.05) is 6.54 Å². The molecule has 0 aliphatic carbocycles. The van der Waals surface area contributed by atoms with Crippen molar-refractivity contribution in [2.45, 2.75) is 17.9 Å². The Kier molecular flexibility index (Phi) is 5.38. The zero-order valence-corrected chi connectivity index (χ0v) is 11.0.